The fourth-order valence-corrected chi connectivity index (χ4v) is 4.35. The Kier molecular flexibility index (Phi) is 5.78. The molecule has 0 atom stereocenters. The molecular weight excluding hydrogens is 433 g/mol. The van der Waals surface area contributed by atoms with Gasteiger partial charge >= 0.3 is 0 Å². The normalized spacial score (nSPS) is 20.1. The number of hydrogen-bond acceptors (Lipinski definition) is 6. The van der Waals surface area contributed by atoms with Gasteiger partial charge in [-0.15, -0.1) is 0 Å². The summed E-state index contributed by atoms with van der Waals surface area (Å²) in [6.07, 6.45) is 5.66. The SMILES string of the molecule is Cc1noc(C2CCC(NC3=C(c4cc(F)cc(F)c4OCc4cccnc4F)C3)CC2)n1. The van der Waals surface area contributed by atoms with Crippen LogP contribution in [0.15, 0.2) is 40.7 Å². The van der Waals surface area contributed by atoms with Crippen molar-refractivity contribution in [3.05, 3.63) is 76.6 Å². The van der Waals surface area contributed by atoms with Gasteiger partial charge in [-0.3, -0.25) is 0 Å². The smallest absolute Gasteiger partial charge is 0.229 e. The first-order valence-electron chi connectivity index (χ1n) is 11.0. The van der Waals surface area contributed by atoms with Gasteiger partial charge < -0.3 is 14.6 Å². The lowest BCUT2D eigenvalue weighted by molar-refractivity contribution is 0.281. The van der Waals surface area contributed by atoms with Gasteiger partial charge in [0, 0.05) is 47.5 Å². The molecule has 0 radical (unpaired) electrons. The summed E-state index contributed by atoms with van der Waals surface area (Å²) in [5.74, 6) is -0.659. The van der Waals surface area contributed by atoms with E-state index in [0.717, 1.165) is 43.0 Å². The number of rotatable bonds is 7. The predicted molar refractivity (Wildman–Crippen MR) is 114 cm³/mol. The van der Waals surface area contributed by atoms with Gasteiger partial charge in [-0.05, 0) is 56.4 Å². The molecule has 0 spiro atoms. The molecule has 2 heterocycles. The summed E-state index contributed by atoms with van der Waals surface area (Å²) in [7, 11) is 0. The lowest BCUT2D eigenvalue weighted by Gasteiger charge is -2.27. The van der Waals surface area contributed by atoms with Crippen LogP contribution in [0.5, 0.6) is 5.75 Å². The highest BCUT2D eigenvalue weighted by atomic mass is 19.1. The van der Waals surface area contributed by atoms with Gasteiger partial charge in [-0.25, -0.2) is 13.8 Å². The minimum atomic E-state index is -0.816. The van der Waals surface area contributed by atoms with Crippen molar-refractivity contribution in [1.29, 1.82) is 0 Å². The van der Waals surface area contributed by atoms with Crippen molar-refractivity contribution >= 4 is 5.57 Å². The van der Waals surface area contributed by atoms with E-state index >= 15 is 0 Å². The van der Waals surface area contributed by atoms with E-state index in [-0.39, 0.29) is 29.9 Å². The molecule has 9 heteroatoms. The number of allylic oxidation sites excluding steroid dienone is 2. The second kappa shape index (κ2) is 8.88. The van der Waals surface area contributed by atoms with Crippen LogP contribution in [0.25, 0.3) is 5.57 Å². The molecule has 0 amide bonds. The third kappa shape index (κ3) is 4.72. The van der Waals surface area contributed by atoms with Crippen LogP contribution in [-0.2, 0) is 6.61 Å². The maximum absolute atomic E-state index is 14.6. The molecule has 1 aromatic carbocycles. The molecule has 1 fully saturated rings. The number of hydrogen-bond donors (Lipinski definition) is 1. The highest BCUT2D eigenvalue weighted by molar-refractivity contribution is 5.85. The number of halogens is 3. The standard InChI is InChI=1S/C24H23F3N4O2/c1-13-29-24(33-31-13)14-4-6-17(7-5-14)30-21-11-18(21)19-9-16(25)10-20(26)22(19)32-12-15-3-2-8-28-23(15)27/h2-3,8-10,14,17,30H,4-7,11-12H2,1H3. The lowest BCUT2D eigenvalue weighted by atomic mass is 9.86. The summed E-state index contributed by atoms with van der Waals surface area (Å²) in [6, 6.07) is 5.39. The highest BCUT2D eigenvalue weighted by Crippen LogP contribution is 2.45. The number of aryl methyl sites for hydroxylation is 1. The summed E-state index contributed by atoms with van der Waals surface area (Å²) in [6.45, 7) is 1.60. The molecule has 2 aromatic heterocycles. The molecule has 0 unspecified atom stereocenters. The topological polar surface area (TPSA) is 73.1 Å². The van der Waals surface area contributed by atoms with Gasteiger partial charge in [0.05, 0.1) is 0 Å². The van der Waals surface area contributed by atoms with Crippen molar-refractivity contribution in [1.82, 2.24) is 20.4 Å². The molecule has 172 valence electrons. The van der Waals surface area contributed by atoms with E-state index in [1.807, 2.05) is 6.92 Å². The Bertz CT molecular complexity index is 1200. The number of nitrogens with zero attached hydrogens (tertiary/aromatic N) is 3. The lowest BCUT2D eigenvalue weighted by Crippen LogP contribution is -2.30. The Morgan fingerprint density at radius 1 is 1.15 bits per heavy atom. The summed E-state index contributed by atoms with van der Waals surface area (Å²) in [5, 5.41) is 7.38. The predicted octanol–water partition coefficient (Wildman–Crippen LogP) is 5.20. The van der Waals surface area contributed by atoms with Crippen molar-refractivity contribution in [2.24, 2.45) is 0 Å². The van der Waals surface area contributed by atoms with E-state index in [4.69, 9.17) is 9.26 Å². The van der Waals surface area contributed by atoms with Crippen LogP contribution < -0.4 is 10.1 Å². The monoisotopic (exact) mass is 456 g/mol. The third-order valence-electron chi connectivity index (χ3n) is 6.13. The van der Waals surface area contributed by atoms with Gasteiger partial charge in [0.1, 0.15) is 12.4 Å². The molecular formula is C24H23F3N4O2. The first-order valence-corrected chi connectivity index (χ1v) is 11.0. The maximum Gasteiger partial charge on any atom is 0.229 e. The maximum atomic E-state index is 14.6. The molecule has 0 aliphatic heterocycles. The van der Waals surface area contributed by atoms with Crippen LogP contribution in [0.3, 0.4) is 0 Å². The number of benzene rings is 1. The first kappa shape index (κ1) is 21.5. The van der Waals surface area contributed by atoms with Crippen LogP contribution in [0.4, 0.5) is 13.2 Å². The number of aromatic nitrogens is 3. The Hall–Kier alpha value is -3.36. The van der Waals surface area contributed by atoms with E-state index in [9.17, 15) is 13.2 Å². The summed E-state index contributed by atoms with van der Waals surface area (Å²) >= 11 is 0. The first-order chi connectivity index (χ1) is 16.0. The number of nitrogens with one attached hydrogen (secondary N) is 1. The molecule has 0 saturated heterocycles. The van der Waals surface area contributed by atoms with E-state index in [1.54, 1.807) is 6.07 Å². The van der Waals surface area contributed by atoms with Crippen molar-refractivity contribution in [3.8, 4) is 5.75 Å². The van der Waals surface area contributed by atoms with Gasteiger partial charge in [-0.2, -0.15) is 9.37 Å². The Labute approximate surface area is 188 Å². The Morgan fingerprint density at radius 2 is 1.97 bits per heavy atom. The Balaban J connectivity index is 1.26. The molecule has 6 nitrogen and oxygen atoms in total. The molecule has 3 aromatic rings. The van der Waals surface area contributed by atoms with Gasteiger partial charge in [-0.1, -0.05) is 5.16 Å². The molecule has 1 saturated carbocycles. The number of pyridine rings is 1. The summed E-state index contributed by atoms with van der Waals surface area (Å²) in [5.41, 5.74) is 2.32. The van der Waals surface area contributed by atoms with E-state index < -0.39 is 17.6 Å². The molecule has 33 heavy (non-hydrogen) atoms. The van der Waals surface area contributed by atoms with Crippen LogP contribution >= 0.6 is 0 Å². The Morgan fingerprint density at radius 3 is 2.70 bits per heavy atom. The summed E-state index contributed by atoms with van der Waals surface area (Å²) in [4.78, 5) is 7.90. The van der Waals surface area contributed by atoms with Crippen LogP contribution in [-0.4, -0.2) is 21.2 Å². The van der Waals surface area contributed by atoms with Gasteiger partial charge in [0.2, 0.25) is 11.8 Å². The van der Waals surface area contributed by atoms with E-state index in [0.29, 0.717) is 23.7 Å². The molecule has 2 aliphatic rings. The van der Waals surface area contributed by atoms with Gasteiger partial charge in [0.25, 0.3) is 0 Å². The fourth-order valence-electron chi connectivity index (χ4n) is 4.35. The third-order valence-corrected chi connectivity index (χ3v) is 6.13. The van der Waals surface area contributed by atoms with Crippen LogP contribution in [0, 0.1) is 24.5 Å². The minimum Gasteiger partial charge on any atom is -0.485 e. The highest BCUT2D eigenvalue weighted by Gasteiger charge is 2.32. The molecule has 1 N–H and O–H groups in total. The van der Waals surface area contributed by atoms with Crippen molar-refractivity contribution in [2.75, 3.05) is 0 Å². The molecule has 0 bridgehead atoms. The van der Waals surface area contributed by atoms with Crippen molar-refractivity contribution in [3.63, 3.8) is 0 Å². The van der Waals surface area contributed by atoms with E-state index in [1.165, 1.54) is 18.3 Å². The molecule has 5 rings (SSSR count). The van der Waals surface area contributed by atoms with Crippen LogP contribution in [0.1, 0.15) is 60.9 Å². The zero-order valence-electron chi connectivity index (χ0n) is 18.1. The largest absolute Gasteiger partial charge is 0.485 e. The minimum absolute atomic E-state index is 0.0816. The quantitative estimate of drug-likeness (QED) is 0.493. The molecule has 2 aliphatic carbocycles. The second-order valence-corrected chi connectivity index (χ2v) is 8.51. The van der Waals surface area contributed by atoms with Crippen LogP contribution in [0.2, 0.25) is 0 Å². The fraction of sp³-hybridized carbons (Fsp3) is 0.375. The average Bonchev–Trinajstić information content (AvgIpc) is 3.42. The zero-order valence-corrected chi connectivity index (χ0v) is 18.1. The summed E-state index contributed by atoms with van der Waals surface area (Å²) < 4.78 is 53.2. The van der Waals surface area contributed by atoms with E-state index in [2.05, 4.69) is 20.4 Å². The zero-order chi connectivity index (χ0) is 22.9. The number of ether oxygens (including phenoxy) is 1. The van der Waals surface area contributed by atoms with Crippen molar-refractivity contribution < 1.29 is 22.4 Å². The van der Waals surface area contributed by atoms with Crippen molar-refractivity contribution in [2.45, 2.75) is 57.6 Å². The van der Waals surface area contributed by atoms with Gasteiger partial charge in [0.15, 0.2) is 17.4 Å². The average molecular weight is 456 g/mol. The second-order valence-electron chi connectivity index (χ2n) is 8.51.